The number of para-hydroxylation sites is 1. The third-order valence-electron chi connectivity index (χ3n) is 3.26. The molecule has 0 saturated heterocycles. The summed E-state index contributed by atoms with van der Waals surface area (Å²) in [6.45, 7) is 4.37. The molecule has 0 amide bonds. The molecule has 0 atom stereocenters. The lowest BCUT2D eigenvalue weighted by molar-refractivity contribution is 0.292. The van der Waals surface area contributed by atoms with Crippen LogP contribution in [0.1, 0.15) is 17.0 Å². The van der Waals surface area contributed by atoms with Gasteiger partial charge < -0.3 is 10.2 Å². The van der Waals surface area contributed by atoms with Crippen LogP contribution in [-0.2, 0) is 6.61 Å². The number of hydrogen-bond acceptors (Lipinski definition) is 6. The fraction of sp³-hybridized carbons (Fsp3) is 0.200. The molecule has 21 heavy (non-hydrogen) atoms. The van der Waals surface area contributed by atoms with E-state index in [0.29, 0.717) is 18.2 Å². The Balaban J connectivity index is 1.88. The zero-order valence-electron chi connectivity index (χ0n) is 11.9. The first-order valence-corrected chi connectivity index (χ1v) is 7.46. The van der Waals surface area contributed by atoms with Gasteiger partial charge in [0.05, 0.1) is 5.39 Å². The Morgan fingerprint density at radius 3 is 2.67 bits per heavy atom. The molecule has 0 aliphatic heterocycles. The van der Waals surface area contributed by atoms with Crippen molar-refractivity contribution in [3.8, 4) is 5.75 Å². The van der Waals surface area contributed by atoms with Gasteiger partial charge in [0.2, 0.25) is 0 Å². The van der Waals surface area contributed by atoms with Gasteiger partial charge in [0, 0.05) is 0 Å². The quantitative estimate of drug-likeness (QED) is 0.572. The van der Waals surface area contributed by atoms with Crippen molar-refractivity contribution in [3.05, 3.63) is 46.6 Å². The molecule has 0 spiro atoms. The fourth-order valence-corrected chi connectivity index (χ4v) is 3.02. The Kier molecular flexibility index (Phi) is 3.72. The van der Waals surface area contributed by atoms with E-state index in [1.165, 1.54) is 0 Å². The highest BCUT2D eigenvalue weighted by Crippen LogP contribution is 2.26. The summed E-state index contributed by atoms with van der Waals surface area (Å²) in [5.41, 5.74) is 4.82. The highest BCUT2D eigenvalue weighted by atomic mass is 32.1. The van der Waals surface area contributed by atoms with E-state index in [1.54, 1.807) is 11.3 Å². The van der Waals surface area contributed by atoms with Crippen molar-refractivity contribution in [1.29, 1.82) is 0 Å². The second-order valence-corrected chi connectivity index (χ2v) is 5.68. The maximum atomic E-state index is 5.89. The van der Waals surface area contributed by atoms with Gasteiger partial charge in [-0.3, -0.25) is 0 Å². The van der Waals surface area contributed by atoms with Gasteiger partial charge in [-0.25, -0.2) is 15.8 Å². The number of hydrogen-bond donors (Lipinski definition) is 2. The second kappa shape index (κ2) is 5.67. The number of aryl methyl sites for hydroxylation is 2. The number of ether oxygens (including phenoxy) is 1. The third-order valence-corrected chi connectivity index (χ3v) is 4.07. The van der Waals surface area contributed by atoms with Crippen LogP contribution in [-0.4, -0.2) is 9.97 Å². The van der Waals surface area contributed by atoms with E-state index in [2.05, 4.69) is 15.4 Å². The van der Waals surface area contributed by atoms with Crippen LogP contribution in [0.3, 0.4) is 0 Å². The van der Waals surface area contributed by atoms with Gasteiger partial charge in [0.15, 0.2) is 11.6 Å². The first kappa shape index (κ1) is 13.8. The number of benzene rings is 1. The van der Waals surface area contributed by atoms with Crippen LogP contribution in [0.2, 0.25) is 0 Å². The minimum atomic E-state index is 0.314. The molecule has 3 aromatic rings. The Morgan fingerprint density at radius 2 is 1.95 bits per heavy atom. The summed E-state index contributed by atoms with van der Waals surface area (Å²) in [6, 6.07) is 8.02. The van der Waals surface area contributed by atoms with Gasteiger partial charge in [-0.05, 0) is 36.4 Å². The van der Waals surface area contributed by atoms with E-state index in [-0.39, 0.29) is 0 Å². The Morgan fingerprint density at radius 1 is 1.19 bits per heavy atom. The Bertz CT molecular complexity index is 764. The van der Waals surface area contributed by atoms with Crippen LogP contribution in [0.5, 0.6) is 5.75 Å². The molecule has 0 bridgehead atoms. The van der Waals surface area contributed by atoms with Crippen LogP contribution in [0.15, 0.2) is 29.6 Å². The van der Waals surface area contributed by atoms with Crippen molar-refractivity contribution < 1.29 is 4.74 Å². The summed E-state index contributed by atoms with van der Waals surface area (Å²) in [6.07, 6.45) is 0. The van der Waals surface area contributed by atoms with E-state index in [1.807, 2.05) is 43.5 Å². The largest absolute Gasteiger partial charge is 0.485 e. The first-order chi connectivity index (χ1) is 10.2. The van der Waals surface area contributed by atoms with Crippen molar-refractivity contribution in [3.63, 3.8) is 0 Å². The monoisotopic (exact) mass is 300 g/mol. The minimum Gasteiger partial charge on any atom is -0.485 e. The van der Waals surface area contributed by atoms with Gasteiger partial charge in [0.1, 0.15) is 17.2 Å². The number of hydrazine groups is 1. The van der Waals surface area contributed by atoms with Crippen molar-refractivity contribution in [1.82, 2.24) is 9.97 Å². The van der Waals surface area contributed by atoms with Crippen LogP contribution in [0.25, 0.3) is 10.2 Å². The van der Waals surface area contributed by atoms with Gasteiger partial charge in [-0.2, -0.15) is 0 Å². The second-order valence-electron chi connectivity index (χ2n) is 4.78. The summed E-state index contributed by atoms with van der Waals surface area (Å²) in [5.74, 6) is 7.64. The van der Waals surface area contributed by atoms with Crippen LogP contribution in [0.4, 0.5) is 5.82 Å². The third kappa shape index (κ3) is 2.68. The molecule has 0 radical (unpaired) electrons. The lowest BCUT2D eigenvalue weighted by Crippen LogP contribution is -2.12. The van der Waals surface area contributed by atoms with Crippen LogP contribution >= 0.6 is 11.3 Å². The molecule has 5 nitrogen and oxygen atoms in total. The molecule has 6 heteroatoms. The van der Waals surface area contributed by atoms with E-state index in [9.17, 15) is 0 Å². The fourth-order valence-electron chi connectivity index (χ4n) is 2.24. The van der Waals surface area contributed by atoms with Crippen molar-refractivity contribution in [2.75, 3.05) is 5.43 Å². The Hall–Kier alpha value is -2.18. The number of thiophene rings is 1. The molecule has 0 aliphatic rings. The maximum absolute atomic E-state index is 5.89. The average molecular weight is 300 g/mol. The first-order valence-electron chi connectivity index (χ1n) is 6.59. The molecule has 2 aromatic heterocycles. The molecule has 3 N–H and O–H groups in total. The van der Waals surface area contributed by atoms with E-state index in [0.717, 1.165) is 27.1 Å². The van der Waals surface area contributed by atoms with Gasteiger partial charge >= 0.3 is 0 Å². The molecule has 1 aromatic carbocycles. The summed E-state index contributed by atoms with van der Waals surface area (Å²) < 4.78 is 5.89. The Labute approximate surface area is 126 Å². The number of aromatic nitrogens is 2. The van der Waals surface area contributed by atoms with E-state index < -0.39 is 0 Å². The van der Waals surface area contributed by atoms with Gasteiger partial charge in [-0.15, -0.1) is 11.3 Å². The maximum Gasteiger partial charge on any atom is 0.169 e. The topological polar surface area (TPSA) is 73.1 Å². The number of nitrogen functional groups attached to an aromatic ring is 1. The highest BCUT2D eigenvalue weighted by Gasteiger charge is 2.10. The number of nitrogens with two attached hydrogens (primary N) is 1. The molecular weight excluding hydrogens is 284 g/mol. The predicted octanol–water partition coefficient (Wildman–Crippen LogP) is 3.17. The van der Waals surface area contributed by atoms with E-state index >= 15 is 0 Å². The number of rotatable bonds is 4. The molecular formula is C15H16N4OS. The predicted molar refractivity (Wildman–Crippen MR) is 85.5 cm³/mol. The molecule has 0 unspecified atom stereocenters. The lowest BCUT2D eigenvalue weighted by Gasteiger charge is -2.11. The summed E-state index contributed by atoms with van der Waals surface area (Å²) >= 11 is 1.56. The zero-order valence-corrected chi connectivity index (χ0v) is 12.7. The summed E-state index contributed by atoms with van der Waals surface area (Å²) in [4.78, 5) is 9.81. The van der Waals surface area contributed by atoms with Crippen LogP contribution in [0, 0.1) is 13.8 Å². The SMILES string of the molecule is Cc1cccc(C)c1OCc1nc(NN)c2ccsc2n1. The van der Waals surface area contributed by atoms with Crippen LogP contribution < -0.4 is 16.0 Å². The smallest absolute Gasteiger partial charge is 0.169 e. The lowest BCUT2D eigenvalue weighted by atomic mass is 10.1. The molecule has 3 rings (SSSR count). The van der Waals surface area contributed by atoms with Crippen molar-refractivity contribution in [2.45, 2.75) is 20.5 Å². The number of fused-ring (bicyclic) bond motifs is 1. The molecule has 108 valence electrons. The summed E-state index contributed by atoms with van der Waals surface area (Å²) in [5, 5.41) is 2.90. The normalized spacial score (nSPS) is 10.8. The number of anilines is 1. The molecule has 0 saturated carbocycles. The van der Waals surface area contributed by atoms with E-state index in [4.69, 9.17) is 10.6 Å². The van der Waals surface area contributed by atoms with Gasteiger partial charge in [0.25, 0.3) is 0 Å². The standard InChI is InChI=1S/C15H16N4OS/c1-9-4-3-5-10(2)13(9)20-8-12-17-14(19-16)11-6-7-21-15(11)18-12/h3-7H,8,16H2,1-2H3,(H,17,18,19). The minimum absolute atomic E-state index is 0.314. The van der Waals surface area contributed by atoms with Crippen molar-refractivity contribution in [2.24, 2.45) is 5.84 Å². The van der Waals surface area contributed by atoms with Crippen molar-refractivity contribution >= 4 is 27.4 Å². The average Bonchev–Trinajstić information content (AvgIpc) is 2.94. The summed E-state index contributed by atoms with van der Waals surface area (Å²) in [7, 11) is 0. The zero-order chi connectivity index (χ0) is 14.8. The molecule has 2 heterocycles. The number of nitrogens with zero attached hydrogens (tertiary/aromatic N) is 2. The number of nitrogens with one attached hydrogen (secondary N) is 1. The molecule has 0 fully saturated rings. The molecule has 0 aliphatic carbocycles. The highest BCUT2D eigenvalue weighted by molar-refractivity contribution is 7.16. The van der Waals surface area contributed by atoms with Gasteiger partial charge in [-0.1, -0.05) is 18.2 Å².